The molecule has 28 heavy (non-hydrogen) atoms. The van der Waals surface area contributed by atoms with E-state index in [0.717, 1.165) is 16.6 Å². The minimum absolute atomic E-state index is 0. The molecule has 0 aliphatic rings. The van der Waals surface area contributed by atoms with Crippen molar-refractivity contribution in [2.45, 2.75) is 40.0 Å². The second-order valence-electron chi connectivity index (χ2n) is 7.52. The fourth-order valence-corrected chi connectivity index (χ4v) is 2.70. The molecular formula is C24H26NO2Pt-. The number of carbonyl (C=O) groups is 1. The quantitative estimate of drug-likeness (QED) is 0.239. The molecule has 0 amide bonds. The first-order valence-electron chi connectivity index (χ1n) is 8.92. The van der Waals surface area contributed by atoms with Crippen LogP contribution >= 0.6 is 0 Å². The van der Waals surface area contributed by atoms with Crippen LogP contribution in [0.5, 0.6) is 0 Å². The molecule has 4 heteroatoms. The summed E-state index contributed by atoms with van der Waals surface area (Å²) in [4.78, 5) is 14.5. The van der Waals surface area contributed by atoms with Gasteiger partial charge in [-0.2, -0.15) is 0 Å². The summed E-state index contributed by atoms with van der Waals surface area (Å²) in [6.45, 7) is 9.54. The SMILES string of the molecule is CC(=O)/C=C(/C)O.CC(C)(C)c1cc[c-]c(-c2cccc3cccnc23)c1.[Pt]. The summed E-state index contributed by atoms with van der Waals surface area (Å²) in [7, 11) is 0. The molecule has 0 radical (unpaired) electrons. The number of nitrogens with zero attached hydrogens (tertiary/aromatic N) is 1. The van der Waals surface area contributed by atoms with E-state index in [1.165, 1.54) is 30.9 Å². The van der Waals surface area contributed by atoms with Crippen molar-refractivity contribution in [2.24, 2.45) is 0 Å². The molecule has 0 bridgehead atoms. The van der Waals surface area contributed by atoms with Gasteiger partial charge in [-0.15, -0.1) is 35.4 Å². The maximum absolute atomic E-state index is 10.0. The van der Waals surface area contributed by atoms with E-state index in [0.29, 0.717) is 0 Å². The fourth-order valence-electron chi connectivity index (χ4n) is 2.70. The Kier molecular flexibility index (Phi) is 8.78. The minimum atomic E-state index is -0.125. The van der Waals surface area contributed by atoms with Crippen LogP contribution in [0.15, 0.2) is 66.6 Å². The predicted molar refractivity (Wildman–Crippen MR) is 112 cm³/mol. The summed E-state index contributed by atoms with van der Waals surface area (Å²) in [5.74, 6) is -0.0625. The van der Waals surface area contributed by atoms with Crippen molar-refractivity contribution in [3.63, 3.8) is 0 Å². The normalized spacial score (nSPS) is 11.2. The van der Waals surface area contributed by atoms with Crippen LogP contribution in [0.25, 0.3) is 22.0 Å². The maximum atomic E-state index is 10.0. The summed E-state index contributed by atoms with van der Waals surface area (Å²) < 4.78 is 0. The molecule has 3 rings (SSSR count). The number of aliphatic hydroxyl groups excluding tert-OH is 1. The Morgan fingerprint density at radius 2 is 1.79 bits per heavy atom. The summed E-state index contributed by atoms with van der Waals surface area (Å²) in [5.41, 5.74) is 4.76. The van der Waals surface area contributed by atoms with E-state index in [1.807, 2.05) is 18.3 Å². The minimum Gasteiger partial charge on any atom is -0.512 e. The fraction of sp³-hybridized carbons (Fsp3) is 0.250. The average molecular weight is 556 g/mol. The van der Waals surface area contributed by atoms with Gasteiger partial charge in [-0.1, -0.05) is 50.6 Å². The number of aromatic nitrogens is 1. The molecule has 0 aliphatic carbocycles. The van der Waals surface area contributed by atoms with Crippen LogP contribution in [0.3, 0.4) is 0 Å². The number of rotatable bonds is 2. The van der Waals surface area contributed by atoms with Gasteiger partial charge in [-0.05, 0) is 30.7 Å². The van der Waals surface area contributed by atoms with Gasteiger partial charge in [0.25, 0.3) is 0 Å². The van der Waals surface area contributed by atoms with E-state index in [9.17, 15) is 4.79 Å². The number of carbonyl (C=O) groups excluding carboxylic acids is 1. The third-order valence-electron chi connectivity index (χ3n) is 4.00. The van der Waals surface area contributed by atoms with E-state index < -0.39 is 0 Å². The van der Waals surface area contributed by atoms with E-state index in [2.05, 4.69) is 68.2 Å². The smallest absolute Gasteiger partial charge is 0.155 e. The number of fused-ring (bicyclic) bond motifs is 1. The predicted octanol–water partition coefficient (Wildman–Crippen LogP) is 6.03. The van der Waals surface area contributed by atoms with Gasteiger partial charge in [0.2, 0.25) is 0 Å². The zero-order valence-corrected chi connectivity index (χ0v) is 19.2. The average Bonchev–Trinajstić information content (AvgIpc) is 2.60. The molecule has 0 atom stereocenters. The van der Waals surface area contributed by atoms with Gasteiger partial charge < -0.3 is 5.11 Å². The van der Waals surface area contributed by atoms with Crippen LogP contribution in [0.4, 0.5) is 0 Å². The second-order valence-corrected chi connectivity index (χ2v) is 7.52. The van der Waals surface area contributed by atoms with Crippen molar-refractivity contribution >= 4 is 16.7 Å². The van der Waals surface area contributed by atoms with Crippen molar-refractivity contribution in [3.8, 4) is 11.1 Å². The topological polar surface area (TPSA) is 50.2 Å². The first-order chi connectivity index (χ1) is 12.7. The Morgan fingerprint density at radius 1 is 1.11 bits per heavy atom. The zero-order valence-electron chi connectivity index (χ0n) is 16.9. The monoisotopic (exact) mass is 555 g/mol. The number of ketones is 1. The number of hydrogen-bond acceptors (Lipinski definition) is 3. The third kappa shape index (κ3) is 6.73. The second kappa shape index (κ2) is 10.3. The third-order valence-corrected chi connectivity index (χ3v) is 4.00. The Balaban J connectivity index is 0.000000425. The van der Waals surface area contributed by atoms with Gasteiger partial charge in [-0.25, -0.2) is 0 Å². The Hall–Kier alpha value is -2.25. The number of pyridine rings is 1. The van der Waals surface area contributed by atoms with Crippen molar-refractivity contribution in [2.75, 3.05) is 0 Å². The number of hydrogen-bond donors (Lipinski definition) is 1. The van der Waals surface area contributed by atoms with Gasteiger partial charge in [0, 0.05) is 38.9 Å². The Labute approximate surface area is 181 Å². The van der Waals surface area contributed by atoms with Gasteiger partial charge in [0.1, 0.15) is 0 Å². The van der Waals surface area contributed by atoms with Crippen LogP contribution < -0.4 is 0 Å². The van der Waals surface area contributed by atoms with Crippen LogP contribution in [-0.2, 0) is 31.3 Å². The van der Waals surface area contributed by atoms with Crippen molar-refractivity contribution < 1.29 is 31.0 Å². The molecule has 0 saturated heterocycles. The van der Waals surface area contributed by atoms with Crippen molar-refractivity contribution in [3.05, 3.63) is 78.2 Å². The van der Waals surface area contributed by atoms with Crippen LogP contribution in [0.2, 0.25) is 0 Å². The van der Waals surface area contributed by atoms with Gasteiger partial charge >= 0.3 is 0 Å². The molecule has 3 nitrogen and oxygen atoms in total. The largest absolute Gasteiger partial charge is 0.512 e. The molecule has 1 N–H and O–H groups in total. The number of para-hydroxylation sites is 1. The number of aliphatic hydroxyl groups is 1. The molecule has 1 aromatic heterocycles. The molecule has 150 valence electrons. The summed E-state index contributed by atoms with van der Waals surface area (Å²) in [5, 5.41) is 9.53. The van der Waals surface area contributed by atoms with E-state index in [1.54, 1.807) is 0 Å². The van der Waals surface area contributed by atoms with Gasteiger partial charge in [-0.3, -0.25) is 9.78 Å². The van der Waals surface area contributed by atoms with Crippen molar-refractivity contribution in [1.82, 2.24) is 4.98 Å². The van der Waals surface area contributed by atoms with Crippen LogP contribution in [0, 0.1) is 6.07 Å². The van der Waals surface area contributed by atoms with E-state index in [-0.39, 0.29) is 38.0 Å². The van der Waals surface area contributed by atoms with Gasteiger partial charge in [0.15, 0.2) is 5.78 Å². The molecule has 0 aliphatic heterocycles. The standard InChI is InChI=1S/C19H18N.C5H8O2.Pt/c1-19(2,3)16-10-4-8-15(13-16)17-11-5-7-14-9-6-12-20-18(14)17;1-4(6)3-5(2)7;/h4-7,9-13H,1-3H3;3,6H,1-2H3;/q-1;;/b;4-3-;. The molecule has 0 fully saturated rings. The molecule has 0 saturated carbocycles. The molecular weight excluding hydrogens is 529 g/mol. The summed E-state index contributed by atoms with van der Waals surface area (Å²) in [6, 6.07) is 20.1. The Bertz CT molecular complexity index is 962. The van der Waals surface area contributed by atoms with Gasteiger partial charge in [0.05, 0.1) is 5.76 Å². The maximum Gasteiger partial charge on any atom is 0.155 e. The first-order valence-corrected chi connectivity index (χ1v) is 8.92. The summed E-state index contributed by atoms with van der Waals surface area (Å²) >= 11 is 0. The summed E-state index contributed by atoms with van der Waals surface area (Å²) in [6.07, 6.45) is 3.01. The molecule has 0 unspecified atom stereocenters. The molecule has 3 aromatic rings. The van der Waals surface area contributed by atoms with Crippen LogP contribution in [0.1, 0.15) is 40.2 Å². The molecule has 1 heterocycles. The first kappa shape index (κ1) is 23.8. The number of allylic oxidation sites excluding steroid dienone is 2. The van der Waals surface area contributed by atoms with E-state index in [4.69, 9.17) is 5.11 Å². The zero-order chi connectivity index (χ0) is 20.0. The van der Waals surface area contributed by atoms with Crippen molar-refractivity contribution in [1.29, 1.82) is 0 Å². The van der Waals surface area contributed by atoms with E-state index >= 15 is 0 Å². The number of benzene rings is 2. The molecule has 0 spiro atoms. The van der Waals surface area contributed by atoms with Crippen LogP contribution in [-0.4, -0.2) is 15.9 Å². The Morgan fingerprint density at radius 3 is 2.36 bits per heavy atom. The molecule has 2 aromatic carbocycles.